The fraction of sp³-hybridized carbons (Fsp3) is 0.325. The number of rotatable bonds is 12. The molecule has 332 valence electrons. The number of carbonyl (C=O) groups excluding carboxylic acids is 1. The smallest absolute Gasteiger partial charge is 0.449 e. The topological polar surface area (TPSA) is 38.8 Å². The van der Waals surface area contributed by atoms with E-state index in [0.29, 0.717) is 18.6 Å². The van der Waals surface area contributed by atoms with Crippen LogP contribution in [0.4, 0.5) is 91.7 Å². The molecule has 0 heterocycles. The van der Waals surface area contributed by atoms with Gasteiger partial charge in [-0.05, 0) is 111 Å². The van der Waals surface area contributed by atoms with E-state index in [-0.39, 0.29) is 25.2 Å². The van der Waals surface area contributed by atoms with Crippen LogP contribution in [0.1, 0.15) is 39.0 Å². The molecule has 0 aromatic heterocycles. The first-order chi connectivity index (χ1) is 27.8. The lowest BCUT2D eigenvalue weighted by Crippen LogP contribution is -2.67. The first-order valence-electron chi connectivity index (χ1n) is 17.3. The van der Waals surface area contributed by atoms with Crippen LogP contribution < -0.4 is 9.64 Å². The zero-order valence-corrected chi connectivity index (χ0v) is 31.4. The van der Waals surface area contributed by atoms with Crippen LogP contribution >= 0.6 is 0 Å². The number of esters is 1. The van der Waals surface area contributed by atoms with E-state index >= 15 is 0 Å². The summed E-state index contributed by atoms with van der Waals surface area (Å²) in [6, 6.07) is 22.0. The van der Waals surface area contributed by atoms with Gasteiger partial charge in [0.15, 0.2) is 0 Å². The number of nitrogens with zero attached hydrogens (tertiary/aromatic N) is 1. The molecule has 0 aliphatic heterocycles. The number of hydrogen-bond acceptors (Lipinski definition) is 4. The molecule has 0 aliphatic rings. The number of ether oxygens (including phenoxy) is 2. The number of benzene rings is 4. The van der Waals surface area contributed by atoms with Crippen LogP contribution in [0.3, 0.4) is 0 Å². The Morgan fingerprint density at radius 3 is 1.41 bits per heavy atom. The molecule has 0 spiro atoms. The Labute approximate surface area is 335 Å². The molecule has 0 amide bonds. The van der Waals surface area contributed by atoms with Gasteiger partial charge in [0.2, 0.25) is 5.76 Å². The third kappa shape index (κ3) is 10.0. The summed E-state index contributed by atoms with van der Waals surface area (Å²) in [6.45, 7) is 5.58. The summed E-state index contributed by atoms with van der Waals surface area (Å²) >= 11 is 0. The van der Waals surface area contributed by atoms with Gasteiger partial charge in [0.25, 0.3) is 0 Å². The highest BCUT2D eigenvalue weighted by Crippen LogP contribution is 2.63. The fourth-order valence-electron chi connectivity index (χ4n) is 5.81. The lowest BCUT2D eigenvalue weighted by Gasteiger charge is -2.41. The summed E-state index contributed by atoms with van der Waals surface area (Å²) in [4.78, 5) is 14.6. The van der Waals surface area contributed by atoms with Crippen molar-refractivity contribution in [2.75, 3.05) is 11.5 Å². The molecule has 4 nitrogen and oxygen atoms in total. The summed E-state index contributed by atoms with van der Waals surface area (Å²) in [6.07, 6.45) is -39.3. The van der Waals surface area contributed by atoms with Crippen molar-refractivity contribution in [3.8, 4) is 5.75 Å². The first kappa shape index (κ1) is 48.2. The molecule has 0 saturated carbocycles. The highest BCUT2D eigenvalue weighted by atomic mass is 19.4. The summed E-state index contributed by atoms with van der Waals surface area (Å²) in [5.41, 5.74) is -16.3. The lowest BCUT2D eigenvalue weighted by molar-refractivity contribution is -0.365. The Morgan fingerprint density at radius 2 is 0.984 bits per heavy atom. The van der Waals surface area contributed by atoms with Gasteiger partial charge in [-0.2, -0.15) is 65.9 Å². The van der Waals surface area contributed by atoms with Gasteiger partial charge in [-0.25, -0.2) is 13.6 Å². The van der Waals surface area contributed by atoms with Gasteiger partial charge in [0.1, 0.15) is 5.75 Å². The maximum absolute atomic E-state index is 15.0. The quantitative estimate of drug-likeness (QED) is 0.0615. The minimum absolute atomic E-state index is 0.0570. The van der Waals surface area contributed by atoms with Gasteiger partial charge in [0.05, 0.1) is 17.7 Å². The maximum atomic E-state index is 15.0. The Kier molecular flexibility index (Phi) is 13.5. The van der Waals surface area contributed by atoms with Crippen molar-refractivity contribution < 1.29 is 88.9 Å². The van der Waals surface area contributed by atoms with Crippen molar-refractivity contribution in [2.24, 2.45) is 0 Å². The number of anilines is 3. The number of hydrogen-bond donors (Lipinski definition) is 0. The molecular weight excluding hydrogens is 865 g/mol. The predicted octanol–water partition coefficient (Wildman–Crippen LogP) is 13.7. The predicted molar refractivity (Wildman–Crippen MR) is 186 cm³/mol. The van der Waals surface area contributed by atoms with Crippen LogP contribution in [0.25, 0.3) is 0 Å². The number of allylic oxidation sites excluding steroid dienone is 2. The van der Waals surface area contributed by atoms with E-state index in [1.807, 2.05) is 80.3 Å². The van der Waals surface area contributed by atoms with Gasteiger partial charge < -0.3 is 14.4 Å². The number of carbonyl (C=O) groups is 1. The summed E-state index contributed by atoms with van der Waals surface area (Å²) in [5, 5.41) is 0. The summed E-state index contributed by atoms with van der Waals surface area (Å²) in [5.74, 6) is -7.69. The van der Waals surface area contributed by atoms with E-state index in [0.717, 1.165) is 39.3 Å². The lowest BCUT2D eigenvalue weighted by atomic mass is 9.79. The largest absolute Gasteiger partial charge is 0.462 e. The third-order valence-electron chi connectivity index (χ3n) is 9.12. The molecule has 61 heavy (non-hydrogen) atoms. The molecule has 21 heteroatoms. The molecule has 4 rings (SSSR count). The van der Waals surface area contributed by atoms with Crippen LogP contribution in [-0.2, 0) is 11.2 Å². The standard InChI is InChI=1S/C40H30F17NO3/c1-22-6-13-27(14-7-22)58(29-15-8-23(2)24(3)21-29)28-16-9-25(10-17-28)5-4-20-60-33(59)26-11-18-30(19-12-26)61-32(36(43,44)45)31(34(41,37(46,47)48)38(49,50)51)35(42,39(52,53)54)40(55,56)57/h6-19,21H,4-5,20H2,1-3H3. The molecule has 0 atom stereocenters. The molecule has 0 N–H and O–H groups in total. The Morgan fingerprint density at radius 1 is 0.541 bits per heavy atom. The van der Waals surface area contributed by atoms with Gasteiger partial charge in [0, 0.05) is 17.1 Å². The highest BCUT2D eigenvalue weighted by Gasteiger charge is 2.88. The second-order valence-corrected chi connectivity index (χ2v) is 13.5. The summed E-state index contributed by atoms with van der Waals surface area (Å²) < 4.78 is 242. The monoisotopic (exact) mass is 895 g/mol. The first-order valence-corrected chi connectivity index (χ1v) is 17.3. The van der Waals surface area contributed by atoms with E-state index in [4.69, 9.17) is 4.74 Å². The average Bonchev–Trinajstić information content (AvgIpc) is 3.13. The number of alkyl halides is 17. The molecular formula is C40H30F17NO3. The van der Waals surface area contributed by atoms with Crippen LogP contribution in [0.5, 0.6) is 5.75 Å². The second kappa shape index (κ2) is 17.1. The number of halogens is 17. The SMILES string of the molecule is Cc1ccc(N(c2ccc(CCCOC(=O)c3ccc(OC(=C(C(F)(C(F)(F)F)C(F)(F)F)C(F)(C(F)(F)F)C(F)(F)F)C(F)(F)F)cc3)cc2)c2ccc(C)c(C)c2)cc1. The van der Waals surface area contributed by atoms with Crippen molar-refractivity contribution in [2.45, 2.75) is 75.8 Å². The second-order valence-electron chi connectivity index (χ2n) is 13.5. The Bertz CT molecular complexity index is 2120. The highest BCUT2D eigenvalue weighted by molar-refractivity contribution is 5.89. The van der Waals surface area contributed by atoms with Crippen LogP contribution in [0.15, 0.2) is 102 Å². The van der Waals surface area contributed by atoms with Crippen molar-refractivity contribution >= 4 is 23.0 Å². The summed E-state index contributed by atoms with van der Waals surface area (Å²) in [7, 11) is 0. The molecule has 0 bridgehead atoms. The van der Waals surface area contributed by atoms with Gasteiger partial charge >= 0.3 is 48.2 Å². The van der Waals surface area contributed by atoms with E-state index in [1.165, 1.54) is 0 Å². The van der Waals surface area contributed by atoms with Gasteiger partial charge in [-0.3, -0.25) is 0 Å². The minimum atomic E-state index is -8.31. The van der Waals surface area contributed by atoms with Gasteiger partial charge in [-0.15, -0.1) is 0 Å². The van der Waals surface area contributed by atoms with E-state index in [2.05, 4.69) is 4.74 Å². The molecule has 0 radical (unpaired) electrons. The molecule has 4 aromatic carbocycles. The van der Waals surface area contributed by atoms with E-state index < -0.39 is 70.8 Å². The third-order valence-corrected chi connectivity index (χ3v) is 9.12. The van der Waals surface area contributed by atoms with Crippen LogP contribution in [-0.4, -0.2) is 54.8 Å². The van der Waals surface area contributed by atoms with E-state index in [9.17, 15) is 79.4 Å². The zero-order chi connectivity index (χ0) is 46.1. The fourth-order valence-corrected chi connectivity index (χ4v) is 5.81. The van der Waals surface area contributed by atoms with Crippen molar-refractivity contribution in [1.82, 2.24) is 0 Å². The zero-order valence-electron chi connectivity index (χ0n) is 31.4. The maximum Gasteiger partial charge on any atom is 0.449 e. The van der Waals surface area contributed by atoms with Crippen LogP contribution in [0, 0.1) is 20.8 Å². The molecule has 0 saturated heterocycles. The molecule has 4 aromatic rings. The Hall–Kier alpha value is -5.50. The van der Waals surface area contributed by atoms with Gasteiger partial charge in [-0.1, -0.05) is 35.9 Å². The van der Waals surface area contributed by atoms with Crippen molar-refractivity contribution in [3.05, 3.63) is 130 Å². The number of aryl methyl sites for hydroxylation is 4. The van der Waals surface area contributed by atoms with Crippen molar-refractivity contribution in [1.29, 1.82) is 0 Å². The average molecular weight is 896 g/mol. The molecule has 0 fully saturated rings. The normalized spacial score (nSPS) is 13.2. The molecule has 0 unspecified atom stereocenters. The Balaban J connectivity index is 1.55. The van der Waals surface area contributed by atoms with E-state index in [1.54, 1.807) is 12.1 Å². The van der Waals surface area contributed by atoms with Crippen molar-refractivity contribution in [3.63, 3.8) is 0 Å². The van der Waals surface area contributed by atoms with Crippen LogP contribution in [0.2, 0.25) is 0 Å². The molecule has 0 aliphatic carbocycles. The minimum Gasteiger partial charge on any atom is -0.462 e.